The lowest BCUT2D eigenvalue weighted by atomic mass is 10.0. The van der Waals surface area contributed by atoms with Crippen molar-refractivity contribution >= 4 is 17.1 Å². The number of imidazole rings is 1. The van der Waals surface area contributed by atoms with E-state index in [9.17, 15) is 4.79 Å². The van der Waals surface area contributed by atoms with Gasteiger partial charge in [0.25, 0.3) is 0 Å². The van der Waals surface area contributed by atoms with Crippen LogP contribution in [0.3, 0.4) is 0 Å². The molecule has 0 spiro atoms. The number of urea groups is 1. The zero-order valence-electron chi connectivity index (χ0n) is 14.2. The summed E-state index contributed by atoms with van der Waals surface area (Å²) in [6.45, 7) is 4.65. The fourth-order valence-electron chi connectivity index (χ4n) is 3.48. The van der Waals surface area contributed by atoms with Crippen LogP contribution in [0.5, 0.6) is 0 Å². The standard InChI is InChI=1S/C18H26N4O/c1-12-7-6-10-15-17(12)21-16(20-15)11-22(3)18(23)19-13(2)14-8-4-5-9-14/h6-7,10,13-14H,4-5,8-9,11H2,1-3H3,(H,19,23)(H,20,21). The van der Waals surface area contributed by atoms with Crippen molar-refractivity contribution < 1.29 is 4.79 Å². The van der Waals surface area contributed by atoms with Gasteiger partial charge in [-0.15, -0.1) is 0 Å². The van der Waals surface area contributed by atoms with Crippen LogP contribution in [0.25, 0.3) is 11.0 Å². The van der Waals surface area contributed by atoms with Gasteiger partial charge in [0.15, 0.2) is 0 Å². The minimum Gasteiger partial charge on any atom is -0.340 e. The van der Waals surface area contributed by atoms with Crippen molar-refractivity contribution in [1.82, 2.24) is 20.2 Å². The number of rotatable bonds is 4. The Morgan fingerprint density at radius 2 is 2.17 bits per heavy atom. The average molecular weight is 314 g/mol. The second kappa shape index (κ2) is 6.60. The molecule has 1 aliphatic rings. The zero-order valence-corrected chi connectivity index (χ0v) is 14.2. The van der Waals surface area contributed by atoms with Gasteiger partial charge in [0.05, 0.1) is 17.6 Å². The lowest BCUT2D eigenvalue weighted by molar-refractivity contribution is 0.197. The largest absolute Gasteiger partial charge is 0.340 e. The molecule has 5 heteroatoms. The van der Waals surface area contributed by atoms with Crippen LogP contribution < -0.4 is 5.32 Å². The number of hydrogen-bond acceptors (Lipinski definition) is 2. The second-order valence-electron chi connectivity index (χ2n) is 6.79. The SMILES string of the molecule is Cc1cccc2[nH]c(CN(C)C(=O)NC(C)C3CCCC3)nc12. The minimum atomic E-state index is -0.0263. The first-order chi connectivity index (χ1) is 11.0. The van der Waals surface area contributed by atoms with E-state index in [-0.39, 0.29) is 12.1 Å². The first kappa shape index (κ1) is 15.8. The van der Waals surface area contributed by atoms with Gasteiger partial charge in [-0.25, -0.2) is 9.78 Å². The summed E-state index contributed by atoms with van der Waals surface area (Å²) in [5.41, 5.74) is 3.15. The summed E-state index contributed by atoms with van der Waals surface area (Å²) >= 11 is 0. The van der Waals surface area contributed by atoms with Gasteiger partial charge in [-0.2, -0.15) is 0 Å². The smallest absolute Gasteiger partial charge is 0.317 e. The number of nitrogens with one attached hydrogen (secondary N) is 2. The van der Waals surface area contributed by atoms with Gasteiger partial charge in [-0.1, -0.05) is 25.0 Å². The van der Waals surface area contributed by atoms with Crippen LogP contribution in [0, 0.1) is 12.8 Å². The van der Waals surface area contributed by atoms with Crippen molar-refractivity contribution in [3.05, 3.63) is 29.6 Å². The van der Waals surface area contributed by atoms with Crippen LogP contribution in [0.2, 0.25) is 0 Å². The summed E-state index contributed by atoms with van der Waals surface area (Å²) in [5.74, 6) is 1.45. The van der Waals surface area contributed by atoms with E-state index in [0.717, 1.165) is 22.4 Å². The molecule has 0 saturated heterocycles. The minimum absolute atomic E-state index is 0.0263. The summed E-state index contributed by atoms with van der Waals surface area (Å²) in [6, 6.07) is 6.29. The molecule has 2 N–H and O–H groups in total. The summed E-state index contributed by atoms with van der Waals surface area (Å²) in [5, 5.41) is 3.13. The van der Waals surface area contributed by atoms with Gasteiger partial charge >= 0.3 is 6.03 Å². The molecule has 1 fully saturated rings. The molecular weight excluding hydrogens is 288 g/mol. The zero-order chi connectivity index (χ0) is 16.4. The average Bonchev–Trinajstić information content (AvgIpc) is 3.16. The third kappa shape index (κ3) is 3.49. The maximum atomic E-state index is 12.4. The van der Waals surface area contributed by atoms with E-state index in [4.69, 9.17) is 0 Å². The highest BCUT2D eigenvalue weighted by molar-refractivity contribution is 5.78. The van der Waals surface area contributed by atoms with Crippen molar-refractivity contribution in [3.63, 3.8) is 0 Å². The molecule has 1 heterocycles. The highest BCUT2D eigenvalue weighted by atomic mass is 16.2. The Morgan fingerprint density at radius 1 is 1.43 bits per heavy atom. The van der Waals surface area contributed by atoms with E-state index in [1.165, 1.54) is 25.7 Å². The molecule has 1 saturated carbocycles. The van der Waals surface area contributed by atoms with Crippen molar-refractivity contribution in [3.8, 4) is 0 Å². The van der Waals surface area contributed by atoms with E-state index in [1.807, 2.05) is 32.2 Å². The van der Waals surface area contributed by atoms with E-state index in [1.54, 1.807) is 4.90 Å². The number of carbonyl (C=O) groups is 1. The van der Waals surface area contributed by atoms with E-state index < -0.39 is 0 Å². The summed E-state index contributed by atoms with van der Waals surface area (Å²) in [6.07, 6.45) is 5.04. The van der Waals surface area contributed by atoms with Crippen LogP contribution in [-0.4, -0.2) is 34.0 Å². The number of carbonyl (C=O) groups excluding carboxylic acids is 1. The number of H-pyrrole nitrogens is 1. The Hall–Kier alpha value is -2.04. The predicted octanol–water partition coefficient (Wildman–Crippen LogP) is 3.59. The van der Waals surface area contributed by atoms with Crippen LogP contribution in [0.1, 0.15) is 44.0 Å². The first-order valence-corrected chi connectivity index (χ1v) is 8.50. The molecule has 0 radical (unpaired) electrons. The number of aromatic nitrogens is 2. The quantitative estimate of drug-likeness (QED) is 0.906. The number of fused-ring (bicyclic) bond motifs is 1. The molecular formula is C18H26N4O. The van der Waals surface area contributed by atoms with Gasteiger partial charge < -0.3 is 15.2 Å². The lowest BCUT2D eigenvalue weighted by Crippen LogP contribution is -2.44. The molecule has 1 atom stereocenters. The van der Waals surface area contributed by atoms with Gasteiger partial charge in [-0.05, 0) is 44.2 Å². The lowest BCUT2D eigenvalue weighted by Gasteiger charge is -2.24. The molecule has 2 aromatic rings. The first-order valence-electron chi connectivity index (χ1n) is 8.50. The number of para-hydroxylation sites is 1. The Bertz CT molecular complexity index is 687. The highest BCUT2D eigenvalue weighted by Crippen LogP contribution is 2.27. The highest BCUT2D eigenvalue weighted by Gasteiger charge is 2.24. The Labute approximate surface area is 137 Å². The molecule has 1 aromatic carbocycles. The number of benzene rings is 1. The number of hydrogen-bond donors (Lipinski definition) is 2. The summed E-state index contributed by atoms with van der Waals surface area (Å²) in [4.78, 5) is 22.0. The number of nitrogens with zero attached hydrogens (tertiary/aromatic N) is 2. The number of amides is 2. The maximum Gasteiger partial charge on any atom is 0.317 e. The Kier molecular flexibility index (Phi) is 4.55. The molecule has 3 rings (SSSR count). The second-order valence-corrected chi connectivity index (χ2v) is 6.79. The van der Waals surface area contributed by atoms with Crippen LogP contribution in [0.4, 0.5) is 4.79 Å². The molecule has 1 aromatic heterocycles. The van der Waals surface area contributed by atoms with Crippen molar-refractivity contribution in [2.24, 2.45) is 5.92 Å². The normalized spacial score (nSPS) is 16.7. The Balaban J connectivity index is 1.61. The van der Waals surface area contributed by atoms with Crippen LogP contribution in [0.15, 0.2) is 18.2 Å². The van der Waals surface area contributed by atoms with Crippen LogP contribution >= 0.6 is 0 Å². The van der Waals surface area contributed by atoms with Crippen molar-refractivity contribution in [2.45, 2.75) is 52.1 Å². The summed E-state index contributed by atoms with van der Waals surface area (Å²) < 4.78 is 0. The molecule has 0 bridgehead atoms. The fourth-order valence-corrected chi connectivity index (χ4v) is 3.48. The molecule has 1 unspecified atom stereocenters. The number of aromatic amines is 1. The molecule has 2 amide bonds. The monoisotopic (exact) mass is 314 g/mol. The Morgan fingerprint density at radius 3 is 2.87 bits per heavy atom. The molecule has 124 valence electrons. The predicted molar refractivity (Wildman–Crippen MR) is 92.2 cm³/mol. The molecule has 1 aliphatic carbocycles. The van der Waals surface area contributed by atoms with Crippen LogP contribution in [-0.2, 0) is 6.54 Å². The number of aryl methyl sites for hydroxylation is 1. The van der Waals surface area contributed by atoms with Gasteiger partial charge in [0.2, 0.25) is 0 Å². The third-order valence-corrected chi connectivity index (χ3v) is 4.96. The third-order valence-electron chi connectivity index (χ3n) is 4.96. The van der Waals surface area contributed by atoms with E-state index in [0.29, 0.717) is 12.5 Å². The van der Waals surface area contributed by atoms with Crippen molar-refractivity contribution in [2.75, 3.05) is 7.05 Å². The molecule has 23 heavy (non-hydrogen) atoms. The van der Waals surface area contributed by atoms with Gasteiger partial charge in [-0.3, -0.25) is 0 Å². The maximum absolute atomic E-state index is 12.4. The van der Waals surface area contributed by atoms with Crippen molar-refractivity contribution in [1.29, 1.82) is 0 Å². The fraction of sp³-hybridized carbons (Fsp3) is 0.556. The summed E-state index contributed by atoms with van der Waals surface area (Å²) in [7, 11) is 1.82. The van der Waals surface area contributed by atoms with E-state index >= 15 is 0 Å². The van der Waals surface area contributed by atoms with Gasteiger partial charge in [0.1, 0.15) is 5.82 Å². The van der Waals surface area contributed by atoms with Gasteiger partial charge in [0, 0.05) is 13.1 Å². The molecule has 0 aliphatic heterocycles. The van der Waals surface area contributed by atoms with E-state index in [2.05, 4.69) is 22.2 Å². The molecule has 5 nitrogen and oxygen atoms in total. The topological polar surface area (TPSA) is 61.0 Å².